The third-order valence-electron chi connectivity index (χ3n) is 7.11. The minimum absolute atomic E-state index is 0.165. The van der Waals surface area contributed by atoms with Gasteiger partial charge < -0.3 is 25.7 Å². The Labute approximate surface area is 257 Å². The number of rotatable bonds is 6. The lowest BCUT2D eigenvalue weighted by atomic mass is 10.0. The first kappa shape index (κ1) is 30.2. The highest BCUT2D eigenvalue weighted by Crippen LogP contribution is 2.33. The van der Waals surface area contributed by atoms with E-state index in [1.807, 2.05) is 0 Å². The molecule has 2 bridgehead atoms. The second-order valence-corrected chi connectivity index (χ2v) is 10.4. The zero-order valence-electron chi connectivity index (χ0n) is 24.0. The van der Waals surface area contributed by atoms with E-state index in [2.05, 4.69) is 46.8 Å². The summed E-state index contributed by atoms with van der Waals surface area (Å²) in [4.78, 5) is 45.7. The Morgan fingerprint density at radius 3 is 2.75 bits per heavy atom. The Balaban J connectivity index is 1.41. The molecule has 3 heterocycles. The van der Waals surface area contributed by atoms with E-state index in [1.165, 1.54) is 24.2 Å². The molecule has 2 aromatic heterocycles. The molecule has 14 nitrogen and oxygen atoms in total. The summed E-state index contributed by atoms with van der Waals surface area (Å²) in [5.41, 5.74) is 3.83. The van der Waals surface area contributed by atoms with Crippen molar-refractivity contribution < 1.29 is 19.1 Å². The number of hydrogen-bond acceptors (Lipinski definition) is 9. The fourth-order valence-corrected chi connectivity index (χ4v) is 5.11. The first-order valence-corrected chi connectivity index (χ1v) is 14.3. The van der Waals surface area contributed by atoms with Gasteiger partial charge in [-0.3, -0.25) is 14.9 Å². The molecule has 0 spiro atoms. The molecule has 15 heteroatoms. The normalized spacial score (nSPS) is 16.5. The van der Waals surface area contributed by atoms with E-state index in [-0.39, 0.29) is 11.8 Å². The number of imidazole rings is 1. The van der Waals surface area contributed by atoms with Gasteiger partial charge in [-0.2, -0.15) is 4.68 Å². The number of likely N-dealkylation sites (N-methyl/N-ethyl adjacent to an activating group) is 1. The number of hydrogen-bond donors (Lipinski definition) is 5. The van der Waals surface area contributed by atoms with E-state index in [1.54, 1.807) is 55.7 Å². The van der Waals surface area contributed by atoms with Gasteiger partial charge in [0.2, 0.25) is 11.8 Å². The quantitative estimate of drug-likeness (QED) is 0.200. The number of tetrazole rings is 1. The molecule has 44 heavy (non-hydrogen) atoms. The molecule has 2 atom stereocenters. The molecule has 1 aliphatic heterocycles. The van der Waals surface area contributed by atoms with E-state index in [0.717, 1.165) is 5.56 Å². The van der Waals surface area contributed by atoms with Crippen LogP contribution in [0.15, 0.2) is 55.0 Å². The SMILES string of the molecule is CNC(=O)C1CCCCC(NC(=O)C=Cc2cc(Cl)ccc2-n2cnnn2)c2ncc([nH]2)-c2ccc(NC(=O)OC)cc2N1. The van der Waals surface area contributed by atoms with Gasteiger partial charge in [0.25, 0.3) is 0 Å². The van der Waals surface area contributed by atoms with Gasteiger partial charge in [-0.15, -0.1) is 5.10 Å². The maximum Gasteiger partial charge on any atom is 0.411 e. The highest BCUT2D eigenvalue weighted by molar-refractivity contribution is 6.30. The smallest absolute Gasteiger partial charge is 0.411 e. The molecule has 0 saturated carbocycles. The summed E-state index contributed by atoms with van der Waals surface area (Å²) < 4.78 is 6.20. The molecular weight excluding hydrogens is 588 g/mol. The highest BCUT2D eigenvalue weighted by atomic mass is 35.5. The van der Waals surface area contributed by atoms with Crippen LogP contribution in [0.5, 0.6) is 0 Å². The van der Waals surface area contributed by atoms with Crippen LogP contribution in [-0.2, 0) is 14.3 Å². The second kappa shape index (κ2) is 13.8. The second-order valence-electron chi connectivity index (χ2n) is 10.0. The molecule has 1 aliphatic rings. The zero-order valence-corrected chi connectivity index (χ0v) is 24.8. The lowest BCUT2D eigenvalue weighted by Crippen LogP contribution is -2.38. The molecule has 5 rings (SSSR count). The summed E-state index contributed by atoms with van der Waals surface area (Å²) in [5, 5.41) is 23.5. The van der Waals surface area contributed by atoms with Crippen LogP contribution in [0.25, 0.3) is 23.0 Å². The molecule has 0 aliphatic carbocycles. The van der Waals surface area contributed by atoms with E-state index in [0.29, 0.717) is 64.8 Å². The number of fused-ring (bicyclic) bond motifs is 4. The number of halogens is 1. The van der Waals surface area contributed by atoms with Crippen LogP contribution in [0.3, 0.4) is 0 Å². The number of benzene rings is 2. The van der Waals surface area contributed by atoms with Gasteiger partial charge in [0.1, 0.15) is 18.2 Å². The monoisotopic (exact) mass is 618 g/mol. The van der Waals surface area contributed by atoms with Crippen molar-refractivity contribution in [3.05, 3.63) is 71.4 Å². The lowest BCUT2D eigenvalue weighted by Gasteiger charge is -2.22. The van der Waals surface area contributed by atoms with Crippen LogP contribution in [0.4, 0.5) is 16.2 Å². The Bertz CT molecular complexity index is 1670. The average Bonchev–Trinajstić information content (AvgIpc) is 3.73. The van der Waals surface area contributed by atoms with Gasteiger partial charge in [0.05, 0.1) is 30.7 Å². The summed E-state index contributed by atoms with van der Waals surface area (Å²) in [6, 6.07) is 9.51. The average molecular weight is 619 g/mol. The first-order valence-electron chi connectivity index (χ1n) is 13.9. The fourth-order valence-electron chi connectivity index (χ4n) is 4.93. The molecule has 228 valence electrons. The summed E-state index contributed by atoms with van der Waals surface area (Å²) in [6.07, 6.45) is 8.15. The van der Waals surface area contributed by atoms with Gasteiger partial charge in [0.15, 0.2) is 0 Å². The van der Waals surface area contributed by atoms with Crippen LogP contribution in [-0.4, -0.2) is 68.3 Å². The molecule has 5 N–H and O–H groups in total. The van der Waals surface area contributed by atoms with Crippen molar-refractivity contribution in [2.24, 2.45) is 0 Å². The van der Waals surface area contributed by atoms with Gasteiger partial charge in [0, 0.05) is 40.6 Å². The summed E-state index contributed by atoms with van der Waals surface area (Å²) in [6.45, 7) is 0. The Morgan fingerprint density at radius 2 is 1.98 bits per heavy atom. The molecule has 0 saturated heterocycles. The summed E-state index contributed by atoms with van der Waals surface area (Å²) >= 11 is 6.21. The highest BCUT2D eigenvalue weighted by Gasteiger charge is 2.23. The number of anilines is 2. The van der Waals surface area contributed by atoms with E-state index < -0.39 is 18.2 Å². The van der Waals surface area contributed by atoms with Crippen LogP contribution in [0, 0.1) is 0 Å². The van der Waals surface area contributed by atoms with E-state index >= 15 is 0 Å². The van der Waals surface area contributed by atoms with Gasteiger partial charge in [-0.1, -0.05) is 24.4 Å². The standard InChI is InChI=1S/C29H31ClN10O4/c1-31-28(42)22-6-4-3-5-21(36-26(41)12-7-17-13-18(30)8-11-25(17)40-16-33-38-39-40)27-32-15-24(37-27)20-10-9-19(14-23(20)35-22)34-29(43)44-2/h7-16,21-22,35H,3-6H2,1-2H3,(H,31,42)(H,32,37)(H,34,43)(H,36,41). The number of amides is 3. The third-order valence-corrected chi connectivity index (χ3v) is 7.35. The van der Waals surface area contributed by atoms with Crippen molar-refractivity contribution in [1.29, 1.82) is 0 Å². The number of H-pyrrole nitrogens is 1. The molecule has 3 amide bonds. The molecular formula is C29H31ClN10O4. The summed E-state index contributed by atoms with van der Waals surface area (Å²) in [7, 11) is 2.87. The van der Waals surface area contributed by atoms with Crippen molar-refractivity contribution in [3.8, 4) is 16.9 Å². The Hall–Kier alpha value is -5.24. The molecule has 0 fully saturated rings. The number of carbonyl (C=O) groups excluding carboxylic acids is 3. The van der Waals surface area contributed by atoms with Gasteiger partial charge in [-0.05, 0) is 65.7 Å². The first-order chi connectivity index (χ1) is 21.3. The van der Waals surface area contributed by atoms with Crippen LogP contribution < -0.4 is 21.3 Å². The van der Waals surface area contributed by atoms with Gasteiger partial charge in [-0.25, -0.2) is 9.78 Å². The number of methoxy groups -OCH3 is 1. The van der Waals surface area contributed by atoms with Crippen LogP contribution in [0.2, 0.25) is 5.02 Å². The number of ether oxygens (including phenoxy) is 1. The number of aromatic amines is 1. The van der Waals surface area contributed by atoms with Crippen molar-refractivity contribution in [2.75, 3.05) is 24.8 Å². The maximum atomic E-state index is 13.2. The molecule has 0 radical (unpaired) electrons. The Morgan fingerprint density at radius 1 is 1.14 bits per heavy atom. The van der Waals surface area contributed by atoms with Crippen LogP contribution >= 0.6 is 11.6 Å². The third kappa shape index (κ3) is 7.21. The largest absolute Gasteiger partial charge is 0.453 e. The van der Waals surface area contributed by atoms with E-state index in [4.69, 9.17) is 16.3 Å². The minimum Gasteiger partial charge on any atom is -0.453 e. The zero-order chi connectivity index (χ0) is 31.1. The predicted molar refractivity (Wildman–Crippen MR) is 164 cm³/mol. The van der Waals surface area contributed by atoms with Gasteiger partial charge >= 0.3 is 6.09 Å². The molecule has 2 aromatic carbocycles. The number of carbonyl (C=O) groups is 3. The number of nitrogens with zero attached hydrogens (tertiary/aromatic N) is 5. The minimum atomic E-state index is -0.612. The number of aromatic nitrogens is 6. The molecule has 2 unspecified atom stereocenters. The van der Waals surface area contributed by atoms with Crippen molar-refractivity contribution in [1.82, 2.24) is 40.8 Å². The van der Waals surface area contributed by atoms with E-state index in [9.17, 15) is 14.4 Å². The Kier molecular flexibility index (Phi) is 9.49. The fraction of sp³-hybridized carbons (Fsp3) is 0.276. The van der Waals surface area contributed by atoms with Crippen molar-refractivity contribution in [2.45, 2.75) is 37.8 Å². The van der Waals surface area contributed by atoms with Crippen LogP contribution in [0.1, 0.15) is 43.1 Å². The number of nitrogens with one attached hydrogen (secondary N) is 5. The lowest BCUT2D eigenvalue weighted by molar-refractivity contribution is -0.121. The predicted octanol–water partition coefficient (Wildman–Crippen LogP) is 3.86. The van der Waals surface area contributed by atoms with Crippen molar-refractivity contribution in [3.63, 3.8) is 0 Å². The maximum absolute atomic E-state index is 13.2. The summed E-state index contributed by atoms with van der Waals surface area (Å²) in [5.74, 6) is 0.0956. The van der Waals surface area contributed by atoms with Crippen molar-refractivity contribution >= 4 is 47.0 Å². The molecule has 4 aromatic rings. The topological polar surface area (TPSA) is 181 Å².